The largest absolute Gasteiger partial charge is 0.481 e. The number of carboxylic acids is 1. The predicted molar refractivity (Wildman–Crippen MR) is 75.8 cm³/mol. The SMILES string of the molecule is O=C(O)CSc1nc(=O)ccn1-c1c(F)cc(F)cc1Br. The van der Waals surface area contributed by atoms with Gasteiger partial charge in [0.1, 0.15) is 5.82 Å². The van der Waals surface area contributed by atoms with Gasteiger partial charge < -0.3 is 5.11 Å². The van der Waals surface area contributed by atoms with Crippen molar-refractivity contribution in [2.45, 2.75) is 5.16 Å². The van der Waals surface area contributed by atoms with Crippen LogP contribution in [0.2, 0.25) is 0 Å². The van der Waals surface area contributed by atoms with E-state index in [4.69, 9.17) is 5.11 Å². The molecule has 2 aromatic rings. The fourth-order valence-corrected chi connectivity index (χ4v) is 2.85. The van der Waals surface area contributed by atoms with E-state index in [-0.39, 0.29) is 21.1 Å². The number of aliphatic carboxylic acids is 1. The van der Waals surface area contributed by atoms with Crippen LogP contribution in [0.5, 0.6) is 0 Å². The number of carboxylic acid groups (broad SMARTS) is 1. The molecule has 110 valence electrons. The van der Waals surface area contributed by atoms with E-state index in [9.17, 15) is 18.4 Å². The third kappa shape index (κ3) is 3.67. The maximum Gasteiger partial charge on any atom is 0.313 e. The molecule has 21 heavy (non-hydrogen) atoms. The monoisotopic (exact) mass is 376 g/mol. The van der Waals surface area contributed by atoms with E-state index in [1.165, 1.54) is 10.8 Å². The van der Waals surface area contributed by atoms with E-state index < -0.39 is 23.2 Å². The van der Waals surface area contributed by atoms with E-state index in [0.29, 0.717) is 6.07 Å². The maximum absolute atomic E-state index is 14.0. The lowest BCUT2D eigenvalue weighted by Crippen LogP contribution is -2.14. The number of hydrogen-bond acceptors (Lipinski definition) is 4. The summed E-state index contributed by atoms with van der Waals surface area (Å²) in [5.41, 5.74) is -0.644. The Morgan fingerprint density at radius 2 is 2.14 bits per heavy atom. The lowest BCUT2D eigenvalue weighted by molar-refractivity contribution is -0.133. The molecule has 0 bridgehead atoms. The van der Waals surface area contributed by atoms with Crippen LogP contribution in [0.15, 0.2) is 38.8 Å². The molecule has 2 rings (SSSR count). The molecule has 5 nitrogen and oxygen atoms in total. The standard InChI is InChI=1S/C12H7BrF2N2O3S/c13-7-3-6(14)4-8(15)11(7)17-2-1-9(18)16-12(17)21-5-10(19)20/h1-4H,5H2,(H,19,20). The van der Waals surface area contributed by atoms with Crippen molar-refractivity contribution in [2.24, 2.45) is 0 Å². The van der Waals surface area contributed by atoms with Gasteiger partial charge in [0, 0.05) is 22.8 Å². The van der Waals surface area contributed by atoms with Crippen LogP contribution in [-0.2, 0) is 4.79 Å². The number of halogens is 3. The first-order chi connectivity index (χ1) is 9.88. The highest BCUT2D eigenvalue weighted by Gasteiger charge is 2.16. The Balaban J connectivity index is 2.58. The molecule has 0 aliphatic heterocycles. The lowest BCUT2D eigenvalue weighted by atomic mass is 10.3. The van der Waals surface area contributed by atoms with Crippen molar-refractivity contribution >= 4 is 33.7 Å². The summed E-state index contributed by atoms with van der Waals surface area (Å²) in [6, 6.07) is 2.84. The summed E-state index contributed by atoms with van der Waals surface area (Å²) < 4.78 is 28.4. The normalized spacial score (nSPS) is 10.6. The Bertz CT molecular complexity index is 743. The molecule has 0 radical (unpaired) electrons. The summed E-state index contributed by atoms with van der Waals surface area (Å²) in [4.78, 5) is 25.6. The average molecular weight is 377 g/mol. The molecule has 1 aromatic carbocycles. The predicted octanol–water partition coefficient (Wildman–Crippen LogP) is 2.45. The fraction of sp³-hybridized carbons (Fsp3) is 0.0833. The number of hydrogen-bond donors (Lipinski definition) is 1. The number of rotatable bonds is 4. The van der Waals surface area contributed by atoms with Crippen molar-refractivity contribution < 1.29 is 18.7 Å². The second kappa shape index (κ2) is 6.35. The Kier molecular flexibility index (Phi) is 4.73. The van der Waals surface area contributed by atoms with Crippen molar-refractivity contribution in [3.05, 3.63) is 50.9 Å². The van der Waals surface area contributed by atoms with Crippen molar-refractivity contribution in [2.75, 3.05) is 5.75 Å². The smallest absolute Gasteiger partial charge is 0.313 e. The maximum atomic E-state index is 14.0. The van der Waals surface area contributed by atoms with Crippen LogP contribution in [0.1, 0.15) is 0 Å². The first-order valence-electron chi connectivity index (χ1n) is 5.47. The quantitative estimate of drug-likeness (QED) is 0.655. The molecule has 0 amide bonds. The van der Waals surface area contributed by atoms with Gasteiger partial charge in [-0.1, -0.05) is 11.8 Å². The van der Waals surface area contributed by atoms with Crippen LogP contribution in [0.25, 0.3) is 5.69 Å². The molecular formula is C12H7BrF2N2O3S. The van der Waals surface area contributed by atoms with Crippen molar-refractivity contribution in [1.29, 1.82) is 0 Å². The number of benzene rings is 1. The van der Waals surface area contributed by atoms with Crippen LogP contribution >= 0.6 is 27.7 Å². The number of aromatic nitrogens is 2. The van der Waals surface area contributed by atoms with E-state index in [1.807, 2.05) is 0 Å². The minimum atomic E-state index is -1.11. The molecule has 1 heterocycles. The molecule has 0 saturated heterocycles. The first-order valence-corrected chi connectivity index (χ1v) is 7.25. The number of thioether (sulfide) groups is 1. The average Bonchev–Trinajstić information content (AvgIpc) is 2.37. The van der Waals surface area contributed by atoms with Gasteiger partial charge in [0.05, 0.1) is 11.4 Å². The number of carbonyl (C=O) groups is 1. The minimum absolute atomic E-state index is 0.00360. The van der Waals surface area contributed by atoms with Crippen molar-refractivity contribution in [3.63, 3.8) is 0 Å². The highest BCUT2D eigenvalue weighted by atomic mass is 79.9. The molecule has 0 atom stereocenters. The number of nitrogens with zero attached hydrogens (tertiary/aromatic N) is 2. The lowest BCUT2D eigenvalue weighted by Gasteiger charge is -2.13. The van der Waals surface area contributed by atoms with Gasteiger partial charge in [0.25, 0.3) is 5.56 Å². The summed E-state index contributed by atoms with van der Waals surface area (Å²) in [5, 5.41) is 8.68. The van der Waals surface area contributed by atoms with Crippen molar-refractivity contribution in [1.82, 2.24) is 9.55 Å². The Labute approximate surface area is 129 Å². The van der Waals surface area contributed by atoms with Gasteiger partial charge in [0.2, 0.25) is 0 Å². The van der Waals surface area contributed by atoms with Crippen LogP contribution in [0.4, 0.5) is 8.78 Å². The molecule has 0 aliphatic carbocycles. The molecule has 0 unspecified atom stereocenters. The molecule has 9 heteroatoms. The van der Waals surface area contributed by atoms with Gasteiger partial charge in [-0.25, -0.2) is 8.78 Å². The van der Waals surface area contributed by atoms with Crippen LogP contribution in [0.3, 0.4) is 0 Å². The second-order valence-electron chi connectivity index (χ2n) is 3.82. The van der Waals surface area contributed by atoms with Gasteiger partial charge in [-0.2, -0.15) is 4.98 Å². The fourth-order valence-electron chi connectivity index (χ4n) is 1.55. The zero-order valence-electron chi connectivity index (χ0n) is 10.2. The second-order valence-corrected chi connectivity index (χ2v) is 5.62. The summed E-state index contributed by atoms with van der Waals surface area (Å²) in [6.07, 6.45) is 1.25. The minimum Gasteiger partial charge on any atom is -0.481 e. The van der Waals surface area contributed by atoms with Crippen LogP contribution in [-0.4, -0.2) is 26.4 Å². The Hall–Kier alpha value is -1.74. The Morgan fingerprint density at radius 3 is 2.76 bits per heavy atom. The van der Waals surface area contributed by atoms with E-state index in [2.05, 4.69) is 20.9 Å². The highest BCUT2D eigenvalue weighted by molar-refractivity contribution is 9.10. The van der Waals surface area contributed by atoms with Gasteiger partial charge in [-0.3, -0.25) is 14.2 Å². The van der Waals surface area contributed by atoms with Gasteiger partial charge in [0.15, 0.2) is 11.0 Å². The third-order valence-corrected chi connectivity index (χ3v) is 3.87. The Morgan fingerprint density at radius 1 is 1.43 bits per heavy atom. The van der Waals surface area contributed by atoms with Gasteiger partial charge in [-0.05, 0) is 22.0 Å². The van der Waals surface area contributed by atoms with Gasteiger partial charge >= 0.3 is 5.97 Å². The molecule has 0 aliphatic rings. The van der Waals surface area contributed by atoms with E-state index >= 15 is 0 Å². The molecule has 0 spiro atoms. The zero-order chi connectivity index (χ0) is 15.6. The molecule has 1 N–H and O–H groups in total. The van der Waals surface area contributed by atoms with E-state index in [1.54, 1.807) is 0 Å². The highest BCUT2D eigenvalue weighted by Crippen LogP contribution is 2.28. The first kappa shape index (κ1) is 15.6. The molecule has 0 saturated carbocycles. The van der Waals surface area contributed by atoms with Crippen LogP contribution < -0.4 is 5.56 Å². The molecule has 1 aromatic heterocycles. The summed E-state index contributed by atoms with van der Waals surface area (Å²) >= 11 is 3.79. The third-order valence-electron chi connectivity index (χ3n) is 2.33. The molecule has 0 fully saturated rings. The zero-order valence-corrected chi connectivity index (χ0v) is 12.6. The summed E-state index contributed by atoms with van der Waals surface area (Å²) in [7, 11) is 0. The molecular weight excluding hydrogens is 370 g/mol. The van der Waals surface area contributed by atoms with Crippen LogP contribution in [0, 0.1) is 11.6 Å². The van der Waals surface area contributed by atoms with Gasteiger partial charge in [-0.15, -0.1) is 0 Å². The van der Waals surface area contributed by atoms with E-state index in [0.717, 1.165) is 23.9 Å². The van der Waals surface area contributed by atoms with Crippen molar-refractivity contribution in [3.8, 4) is 5.69 Å². The summed E-state index contributed by atoms with van der Waals surface area (Å²) in [6.45, 7) is 0. The topological polar surface area (TPSA) is 72.2 Å². The summed E-state index contributed by atoms with van der Waals surface area (Å²) in [5.74, 6) is -3.10.